The first-order chi connectivity index (χ1) is 8.52. The van der Waals surface area contributed by atoms with Gasteiger partial charge in [0.1, 0.15) is 0 Å². The maximum Gasteiger partial charge on any atom is 0.323 e. The number of ether oxygens (including phenoxy) is 1. The minimum absolute atomic E-state index is 0.00278. The van der Waals surface area contributed by atoms with Gasteiger partial charge >= 0.3 is 6.01 Å². The highest BCUT2D eigenvalue weighted by atomic mass is 32.2. The summed E-state index contributed by atoms with van der Waals surface area (Å²) in [7, 11) is -0.896. The van der Waals surface area contributed by atoms with Crippen molar-refractivity contribution in [2.75, 3.05) is 30.5 Å². The van der Waals surface area contributed by atoms with Gasteiger partial charge in [-0.15, -0.1) is 0 Å². The Balaban J connectivity index is 2.64. The van der Waals surface area contributed by atoms with Crippen LogP contribution in [0.4, 0.5) is 11.9 Å². The van der Waals surface area contributed by atoms with E-state index in [0.29, 0.717) is 19.1 Å². The van der Waals surface area contributed by atoms with E-state index in [0.717, 1.165) is 6.42 Å². The van der Waals surface area contributed by atoms with Crippen molar-refractivity contribution in [1.82, 2.24) is 15.0 Å². The number of anilines is 2. The lowest BCUT2D eigenvalue weighted by Gasteiger charge is -2.10. The van der Waals surface area contributed by atoms with E-state index in [-0.39, 0.29) is 17.2 Å². The SMILES string of the molecule is CCCOc1nc(N)nc(NCC(C)S(C)=O)n1. The van der Waals surface area contributed by atoms with Crippen LogP contribution in [-0.4, -0.2) is 43.8 Å². The van der Waals surface area contributed by atoms with Crippen molar-refractivity contribution in [3.05, 3.63) is 0 Å². The molecule has 1 aromatic rings. The number of nitrogens with two attached hydrogens (primary N) is 1. The van der Waals surface area contributed by atoms with Crippen molar-refractivity contribution in [2.24, 2.45) is 0 Å². The largest absolute Gasteiger partial charge is 0.463 e. The van der Waals surface area contributed by atoms with E-state index in [9.17, 15) is 4.21 Å². The Morgan fingerprint density at radius 2 is 2.17 bits per heavy atom. The summed E-state index contributed by atoms with van der Waals surface area (Å²) in [6.07, 6.45) is 2.52. The van der Waals surface area contributed by atoms with Crippen LogP contribution in [-0.2, 0) is 10.8 Å². The Labute approximate surface area is 109 Å². The first kappa shape index (κ1) is 14.6. The van der Waals surface area contributed by atoms with Gasteiger partial charge in [-0.1, -0.05) is 6.92 Å². The number of rotatable bonds is 7. The molecule has 0 aromatic carbocycles. The molecule has 0 aliphatic rings. The van der Waals surface area contributed by atoms with Crippen molar-refractivity contribution in [1.29, 1.82) is 0 Å². The smallest absolute Gasteiger partial charge is 0.323 e. The molecule has 7 nitrogen and oxygen atoms in total. The lowest BCUT2D eigenvalue weighted by molar-refractivity contribution is 0.292. The van der Waals surface area contributed by atoms with Crippen LogP contribution in [0.2, 0.25) is 0 Å². The lowest BCUT2D eigenvalue weighted by atomic mass is 10.5. The number of hydrogen-bond donors (Lipinski definition) is 2. The van der Waals surface area contributed by atoms with Crippen LogP contribution in [0.15, 0.2) is 0 Å². The van der Waals surface area contributed by atoms with Crippen LogP contribution in [0.1, 0.15) is 20.3 Å². The van der Waals surface area contributed by atoms with E-state index in [2.05, 4.69) is 20.3 Å². The van der Waals surface area contributed by atoms with E-state index in [1.165, 1.54) is 0 Å². The first-order valence-corrected chi connectivity index (χ1v) is 7.35. The van der Waals surface area contributed by atoms with Gasteiger partial charge in [-0.25, -0.2) is 0 Å². The van der Waals surface area contributed by atoms with Crippen LogP contribution in [0.25, 0.3) is 0 Å². The molecule has 0 bridgehead atoms. The van der Waals surface area contributed by atoms with E-state index < -0.39 is 10.8 Å². The van der Waals surface area contributed by atoms with Crippen LogP contribution in [0.3, 0.4) is 0 Å². The molecular weight excluding hydrogens is 254 g/mol. The Bertz CT molecular complexity index is 415. The second-order valence-electron chi connectivity index (χ2n) is 3.84. The molecule has 1 aromatic heterocycles. The van der Waals surface area contributed by atoms with Crippen LogP contribution in [0, 0.1) is 0 Å². The van der Waals surface area contributed by atoms with Gasteiger partial charge in [-0.05, 0) is 13.3 Å². The molecule has 0 saturated heterocycles. The third-order valence-corrected chi connectivity index (χ3v) is 3.48. The molecule has 3 N–H and O–H groups in total. The highest BCUT2D eigenvalue weighted by Crippen LogP contribution is 2.09. The third-order valence-electron chi connectivity index (χ3n) is 2.18. The molecule has 102 valence electrons. The summed E-state index contributed by atoms with van der Waals surface area (Å²) in [5.41, 5.74) is 5.56. The van der Waals surface area contributed by atoms with E-state index in [4.69, 9.17) is 10.5 Å². The van der Waals surface area contributed by atoms with Gasteiger partial charge < -0.3 is 15.8 Å². The number of nitrogens with zero attached hydrogens (tertiary/aromatic N) is 3. The number of aromatic nitrogens is 3. The van der Waals surface area contributed by atoms with Gasteiger partial charge in [-0.3, -0.25) is 4.21 Å². The van der Waals surface area contributed by atoms with Gasteiger partial charge in [0.05, 0.1) is 6.61 Å². The van der Waals surface area contributed by atoms with Crippen molar-refractivity contribution >= 4 is 22.7 Å². The fraction of sp³-hybridized carbons (Fsp3) is 0.700. The molecule has 0 fully saturated rings. The highest BCUT2D eigenvalue weighted by Gasteiger charge is 2.09. The second kappa shape index (κ2) is 7.10. The van der Waals surface area contributed by atoms with Gasteiger partial charge in [0, 0.05) is 28.9 Å². The molecule has 0 radical (unpaired) electrons. The Hall–Kier alpha value is -1.44. The number of nitrogens with one attached hydrogen (secondary N) is 1. The predicted molar refractivity (Wildman–Crippen MR) is 72.0 cm³/mol. The summed E-state index contributed by atoms with van der Waals surface area (Å²) in [5.74, 6) is 0.440. The fourth-order valence-electron chi connectivity index (χ4n) is 1.06. The minimum atomic E-state index is -0.896. The second-order valence-corrected chi connectivity index (χ2v) is 5.64. The number of hydrogen-bond acceptors (Lipinski definition) is 7. The lowest BCUT2D eigenvalue weighted by Crippen LogP contribution is -2.22. The topological polar surface area (TPSA) is 103 Å². The summed E-state index contributed by atoms with van der Waals surface area (Å²) in [6, 6.07) is 0.206. The molecule has 0 amide bonds. The number of nitrogen functional groups attached to an aromatic ring is 1. The average molecular weight is 273 g/mol. The third kappa shape index (κ3) is 4.82. The van der Waals surface area contributed by atoms with E-state index >= 15 is 0 Å². The molecule has 0 aliphatic carbocycles. The predicted octanol–water partition coefficient (Wildman–Crippen LogP) is 0.421. The monoisotopic (exact) mass is 273 g/mol. The van der Waals surface area contributed by atoms with Crippen molar-refractivity contribution < 1.29 is 8.95 Å². The summed E-state index contributed by atoms with van der Waals surface area (Å²) in [5, 5.41) is 2.97. The molecule has 2 atom stereocenters. The zero-order valence-corrected chi connectivity index (χ0v) is 11.7. The average Bonchev–Trinajstić information content (AvgIpc) is 2.32. The normalized spacial score (nSPS) is 13.9. The zero-order valence-electron chi connectivity index (χ0n) is 10.8. The zero-order chi connectivity index (χ0) is 13.5. The molecule has 0 spiro atoms. The molecule has 0 saturated carbocycles. The first-order valence-electron chi connectivity index (χ1n) is 5.73. The Morgan fingerprint density at radius 1 is 1.44 bits per heavy atom. The Morgan fingerprint density at radius 3 is 2.78 bits per heavy atom. The standard InChI is InChI=1S/C10H19N5O2S/c1-4-5-17-10-14-8(11)13-9(15-10)12-6-7(2)18(3)16/h7H,4-6H2,1-3H3,(H3,11,12,13,14,15). The van der Waals surface area contributed by atoms with Crippen molar-refractivity contribution in [3.8, 4) is 6.01 Å². The van der Waals surface area contributed by atoms with Crippen LogP contribution >= 0.6 is 0 Å². The molecule has 2 unspecified atom stereocenters. The molecule has 1 heterocycles. The molecule has 0 aliphatic heterocycles. The maximum absolute atomic E-state index is 11.2. The van der Waals surface area contributed by atoms with Crippen molar-refractivity contribution in [3.63, 3.8) is 0 Å². The summed E-state index contributed by atoms with van der Waals surface area (Å²) >= 11 is 0. The van der Waals surface area contributed by atoms with Crippen LogP contribution < -0.4 is 15.8 Å². The van der Waals surface area contributed by atoms with Crippen molar-refractivity contribution in [2.45, 2.75) is 25.5 Å². The fourth-order valence-corrected chi connectivity index (χ4v) is 1.38. The van der Waals surface area contributed by atoms with E-state index in [1.54, 1.807) is 6.26 Å². The van der Waals surface area contributed by atoms with Gasteiger partial charge in [-0.2, -0.15) is 15.0 Å². The van der Waals surface area contributed by atoms with Gasteiger partial charge in [0.2, 0.25) is 11.9 Å². The summed E-state index contributed by atoms with van der Waals surface area (Å²) in [4.78, 5) is 11.9. The molecule has 18 heavy (non-hydrogen) atoms. The molecule has 1 rings (SSSR count). The molecule has 8 heteroatoms. The minimum Gasteiger partial charge on any atom is -0.463 e. The van der Waals surface area contributed by atoms with E-state index in [1.807, 2.05) is 13.8 Å². The summed E-state index contributed by atoms with van der Waals surface area (Å²) < 4.78 is 16.5. The maximum atomic E-state index is 11.2. The van der Waals surface area contributed by atoms with Crippen LogP contribution in [0.5, 0.6) is 6.01 Å². The molecular formula is C10H19N5O2S. The highest BCUT2D eigenvalue weighted by molar-refractivity contribution is 7.84. The Kier molecular flexibility index (Phi) is 5.76. The summed E-state index contributed by atoms with van der Waals surface area (Å²) in [6.45, 7) is 4.89. The van der Waals surface area contributed by atoms with Gasteiger partial charge in [0.25, 0.3) is 0 Å². The quantitative estimate of drug-likeness (QED) is 0.742. The van der Waals surface area contributed by atoms with Gasteiger partial charge in [0.15, 0.2) is 0 Å².